The Labute approximate surface area is 194 Å². The number of carbonyl (C=O) groups excluding carboxylic acids is 1. The molecule has 4 aromatic rings. The fourth-order valence-corrected chi connectivity index (χ4v) is 3.50. The molecule has 0 radical (unpaired) electrons. The Morgan fingerprint density at radius 1 is 1.09 bits per heavy atom. The summed E-state index contributed by atoms with van der Waals surface area (Å²) in [6, 6.07) is 25.3. The average Bonchev–Trinajstić information content (AvgIpc) is 3.23. The molecule has 1 heterocycles. The molecule has 32 heavy (non-hydrogen) atoms. The van der Waals surface area contributed by atoms with E-state index in [0.717, 1.165) is 32.5 Å². The molecule has 4 rings (SSSR count). The minimum atomic E-state index is -0.353. The molecule has 0 atom stereocenters. The maximum Gasteiger partial charge on any atom is 0.277 e. The summed E-state index contributed by atoms with van der Waals surface area (Å²) in [5, 5.41) is 8.88. The largest absolute Gasteiger partial charge is 0.484 e. The quantitative estimate of drug-likeness (QED) is 0.289. The van der Waals surface area contributed by atoms with E-state index in [1.165, 1.54) is 0 Å². The molecule has 6 nitrogen and oxygen atoms in total. The molecule has 0 fully saturated rings. The number of nitrogens with zero attached hydrogens (tertiary/aromatic N) is 3. The van der Waals surface area contributed by atoms with Crippen molar-refractivity contribution in [3.05, 3.63) is 101 Å². The van der Waals surface area contributed by atoms with Crippen LogP contribution in [0.2, 0.25) is 0 Å². The van der Waals surface area contributed by atoms with Crippen LogP contribution in [0, 0.1) is 6.92 Å². The second-order valence-electron chi connectivity index (χ2n) is 7.12. The second-order valence-corrected chi connectivity index (χ2v) is 8.04. The van der Waals surface area contributed by atoms with Gasteiger partial charge in [0.25, 0.3) is 5.91 Å². The van der Waals surface area contributed by atoms with Gasteiger partial charge in [0, 0.05) is 21.8 Å². The summed E-state index contributed by atoms with van der Waals surface area (Å²) in [6.07, 6.45) is 3.49. The maximum absolute atomic E-state index is 12.1. The lowest BCUT2D eigenvalue weighted by Gasteiger charge is -2.05. The van der Waals surface area contributed by atoms with Crippen LogP contribution in [0.4, 0.5) is 0 Å². The fraction of sp³-hybridized carbons (Fsp3) is 0.0800. The summed E-state index contributed by atoms with van der Waals surface area (Å²) in [5.74, 6) is 0.248. The van der Waals surface area contributed by atoms with E-state index in [0.29, 0.717) is 5.75 Å². The number of aryl methyl sites for hydroxylation is 1. The van der Waals surface area contributed by atoms with Gasteiger partial charge in [0.15, 0.2) is 6.61 Å². The van der Waals surface area contributed by atoms with Crippen LogP contribution in [-0.4, -0.2) is 28.5 Å². The van der Waals surface area contributed by atoms with Crippen LogP contribution in [0.3, 0.4) is 0 Å². The zero-order valence-corrected chi connectivity index (χ0v) is 19.0. The van der Waals surface area contributed by atoms with Gasteiger partial charge in [-0.1, -0.05) is 64.0 Å². The summed E-state index contributed by atoms with van der Waals surface area (Å²) in [6.45, 7) is 1.90. The van der Waals surface area contributed by atoms with E-state index < -0.39 is 0 Å². The highest BCUT2D eigenvalue weighted by atomic mass is 79.9. The molecule has 0 bridgehead atoms. The first-order chi connectivity index (χ1) is 15.6. The minimum Gasteiger partial charge on any atom is -0.484 e. The third-order valence-electron chi connectivity index (χ3n) is 4.61. The highest BCUT2D eigenvalue weighted by molar-refractivity contribution is 9.10. The standard InChI is InChI=1S/C25H21BrN4O2/c1-18-7-5-8-19(13-18)25-20(16-30(29-25)22-10-3-2-4-11-22)15-27-28-24(31)17-32-23-12-6-9-21(26)14-23/h2-16H,17H2,1H3,(H,28,31)/b27-15+. The van der Waals surface area contributed by atoms with Gasteiger partial charge in [0.1, 0.15) is 11.4 Å². The van der Waals surface area contributed by atoms with E-state index in [9.17, 15) is 4.79 Å². The number of rotatable bonds is 7. The molecule has 1 aromatic heterocycles. The number of hydrogen-bond acceptors (Lipinski definition) is 4. The van der Waals surface area contributed by atoms with Crippen LogP contribution in [0.25, 0.3) is 16.9 Å². The van der Waals surface area contributed by atoms with Gasteiger partial charge in [0.05, 0.1) is 11.9 Å². The third-order valence-corrected chi connectivity index (χ3v) is 5.11. The Morgan fingerprint density at radius 3 is 2.69 bits per heavy atom. The highest BCUT2D eigenvalue weighted by Gasteiger charge is 2.11. The van der Waals surface area contributed by atoms with Crippen molar-refractivity contribution in [3.8, 4) is 22.7 Å². The Balaban J connectivity index is 1.50. The van der Waals surface area contributed by atoms with E-state index in [2.05, 4.69) is 32.5 Å². The van der Waals surface area contributed by atoms with Gasteiger partial charge in [-0.25, -0.2) is 10.1 Å². The Hall–Kier alpha value is -3.71. The number of amides is 1. The minimum absolute atomic E-state index is 0.137. The van der Waals surface area contributed by atoms with Crippen molar-refractivity contribution in [2.75, 3.05) is 6.61 Å². The predicted molar refractivity (Wildman–Crippen MR) is 129 cm³/mol. The van der Waals surface area contributed by atoms with Gasteiger partial charge in [-0.3, -0.25) is 4.79 Å². The van der Waals surface area contributed by atoms with E-state index in [-0.39, 0.29) is 12.5 Å². The fourth-order valence-electron chi connectivity index (χ4n) is 3.12. The molecule has 1 amide bonds. The van der Waals surface area contributed by atoms with Crippen LogP contribution >= 0.6 is 15.9 Å². The molecule has 1 N–H and O–H groups in total. The maximum atomic E-state index is 12.1. The summed E-state index contributed by atoms with van der Waals surface area (Å²) < 4.78 is 8.17. The van der Waals surface area contributed by atoms with Crippen molar-refractivity contribution < 1.29 is 9.53 Å². The third kappa shape index (κ3) is 5.50. The lowest BCUT2D eigenvalue weighted by atomic mass is 10.1. The molecule has 0 spiro atoms. The van der Waals surface area contributed by atoms with Gasteiger partial charge in [-0.2, -0.15) is 10.2 Å². The molecule has 0 unspecified atom stereocenters. The van der Waals surface area contributed by atoms with Gasteiger partial charge in [-0.15, -0.1) is 0 Å². The van der Waals surface area contributed by atoms with Crippen molar-refractivity contribution in [2.45, 2.75) is 6.92 Å². The van der Waals surface area contributed by atoms with Crippen molar-refractivity contribution in [1.29, 1.82) is 0 Å². The van der Waals surface area contributed by atoms with E-state index in [1.807, 2.05) is 73.8 Å². The monoisotopic (exact) mass is 488 g/mol. The number of hydrazone groups is 1. The van der Waals surface area contributed by atoms with Crippen molar-refractivity contribution >= 4 is 28.1 Å². The summed E-state index contributed by atoms with van der Waals surface area (Å²) >= 11 is 3.37. The highest BCUT2D eigenvalue weighted by Crippen LogP contribution is 2.23. The van der Waals surface area contributed by atoms with Gasteiger partial charge >= 0.3 is 0 Å². The smallest absolute Gasteiger partial charge is 0.277 e. The predicted octanol–water partition coefficient (Wildman–Crippen LogP) is 5.14. The van der Waals surface area contributed by atoms with Crippen LogP contribution in [0.15, 0.2) is 94.6 Å². The average molecular weight is 489 g/mol. The van der Waals surface area contributed by atoms with Crippen LogP contribution in [0.5, 0.6) is 5.75 Å². The van der Waals surface area contributed by atoms with E-state index >= 15 is 0 Å². The number of benzene rings is 3. The first-order valence-electron chi connectivity index (χ1n) is 10.0. The topological polar surface area (TPSA) is 68.5 Å². The Kier molecular flexibility index (Phi) is 6.77. The molecule has 160 valence electrons. The Morgan fingerprint density at radius 2 is 1.91 bits per heavy atom. The molecular weight excluding hydrogens is 468 g/mol. The van der Waals surface area contributed by atoms with Crippen LogP contribution < -0.4 is 10.2 Å². The molecule has 7 heteroatoms. The number of aromatic nitrogens is 2. The van der Waals surface area contributed by atoms with Crippen molar-refractivity contribution in [2.24, 2.45) is 5.10 Å². The van der Waals surface area contributed by atoms with Gasteiger partial charge < -0.3 is 4.74 Å². The molecule has 0 saturated carbocycles. The molecule has 0 aliphatic rings. The van der Waals surface area contributed by atoms with Crippen molar-refractivity contribution in [1.82, 2.24) is 15.2 Å². The lowest BCUT2D eigenvalue weighted by Crippen LogP contribution is -2.24. The number of halogens is 1. The first kappa shape index (κ1) is 21.5. The Bertz CT molecular complexity index is 1250. The van der Waals surface area contributed by atoms with Gasteiger partial charge in [-0.05, 0) is 43.3 Å². The first-order valence-corrected chi connectivity index (χ1v) is 10.8. The SMILES string of the molecule is Cc1cccc(-c2nn(-c3ccccc3)cc2/C=N/NC(=O)COc2cccc(Br)c2)c1. The zero-order valence-electron chi connectivity index (χ0n) is 17.4. The number of hydrogen-bond donors (Lipinski definition) is 1. The number of nitrogens with one attached hydrogen (secondary N) is 1. The van der Waals surface area contributed by atoms with Crippen LogP contribution in [-0.2, 0) is 4.79 Å². The number of ether oxygens (including phenoxy) is 1. The zero-order chi connectivity index (χ0) is 22.3. The summed E-state index contributed by atoms with van der Waals surface area (Å²) in [4.78, 5) is 12.1. The van der Waals surface area contributed by atoms with Crippen molar-refractivity contribution in [3.63, 3.8) is 0 Å². The number of carbonyl (C=O) groups is 1. The molecule has 0 aliphatic heterocycles. The van der Waals surface area contributed by atoms with Crippen LogP contribution in [0.1, 0.15) is 11.1 Å². The number of para-hydroxylation sites is 1. The summed E-state index contributed by atoms with van der Waals surface area (Å²) in [5.41, 5.74) is 7.13. The molecule has 0 saturated heterocycles. The van der Waals surface area contributed by atoms with E-state index in [1.54, 1.807) is 23.0 Å². The lowest BCUT2D eigenvalue weighted by molar-refractivity contribution is -0.123. The summed E-state index contributed by atoms with van der Waals surface area (Å²) in [7, 11) is 0. The normalized spacial score (nSPS) is 10.9. The second kappa shape index (κ2) is 10.1. The molecular formula is C25H21BrN4O2. The van der Waals surface area contributed by atoms with Gasteiger partial charge in [0.2, 0.25) is 0 Å². The molecule has 0 aliphatic carbocycles. The van der Waals surface area contributed by atoms with E-state index in [4.69, 9.17) is 9.84 Å². The molecule has 3 aromatic carbocycles.